The van der Waals surface area contributed by atoms with E-state index in [4.69, 9.17) is 0 Å². The van der Waals surface area contributed by atoms with Gasteiger partial charge < -0.3 is 0 Å². The molecule has 9 unspecified atom stereocenters. The van der Waals surface area contributed by atoms with Gasteiger partial charge >= 0.3 is 0 Å². The van der Waals surface area contributed by atoms with Crippen LogP contribution in [0.25, 0.3) is 0 Å². The molecule has 0 aliphatic heterocycles. The molecule has 0 heterocycles. The summed E-state index contributed by atoms with van der Waals surface area (Å²) in [4.78, 5) is 0. The molecule has 0 saturated carbocycles. The van der Waals surface area contributed by atoms with Gasteiger partial charge in [0.1, 0.15) is 0 Å². The smallest absolute Gasteiger partial charge is 0.0910 e. The van der Waals surface area contributed by atoms with E-state index in [1.807, 2.05) is 0 Å². The maximum absolute atomic E-state index is 2.56. The Bertz CT molecular complexity index is 637. The quantitative estimate of drug-likeness (QED) is 0.105. The van der Waals surface area contributed by atoms with Crippen molar-refractivity contribution in [3.05, 3.63) is 0 Å². The highest BCUT2D eigenvalue weighted by molar-refractivity contribution is 6.59. The summed E-state index contributed by atoms with van der Waals surface area (Å²) < 4.78 is 0. The second-order valence-corrected chi connectivity index (χ2v) is 27.5. The Balaban J connectivity index is 0. The fourth-order valence-electron chi connectivity index (χ4n) is 7.63. The van der Waals surface area contributed by atoms with Crippen molar-refractivity contribution in [2.45, 2.75) is 216 Å². The molecule has 0 spiro atoms. The van der Waals surface area contributed by atoms with Crippen molar-refractivity contribution in [3.63, 3.8) is 0 Å². The fraction of sp³-hybridized carbons (Fsp3) is 1.00. The van der Waals surface area contributed by atoms with E-state index in [-0.39, 0.29) is 0 Å². The third-order valence-corrected chi connectivity index (χ3v) is 22.1. The predicted molar refractivity (Wildman–Crippen MR) is 226 cm³/mol. The van der Waals surface area contributed by atoms with E-state index in [2.05, 4.69) is 145 Å². The number of hydrogen-bond donors (Lipinski definition) is 0. The van der Waals surface area contributed by atoms with Crippen LogP contribution >= 0.6 is 0 Å². The van der Waals surface area contributed by atoms with Crippen LogP contribution < -0.4 is 0 Å². The predicted octanol–water partition coefficient (Wildman–Crippen LogP) is 16.2. The highest BCUT2D eigenvalue weighted by atomic mass is 27.2. The minimum Gasteiger partial charge on any atom is -0.0910 e. The standard InChI is InChI=1S/3C8H17.3C7H15.2Al/c3*1-5-6-8(4)7(2)3;3*1-6(2)7(3,4)5;;/h3*7-8H,2,5-6H2,1,3-4H3;3*6H,1H2,2-5H3;;. The van der Waals surface area contributed by atoms with Crippen molar-refractivity contribution in [2.75, 3.05) is 0 Å². The maximum Gasteiger partial charge on any atom is 0.262 e. The van der Waals surface area contributed by atoms with Gasteiger partial charge in [0.05, 0.1) is 0 Å². The Labute approximate surface area is 311 Å². The van der Waals surface area contributed by atoms with Crippen molar-refractivity contribution >= 4 is 28.3 Å². The van der Waals surface area contributed by atoms with Crippen LogP contribution in [0.5, 0.6) is 0 Å². The number of hydrogen-bond acceptors (Lipinski definition) is 0. The molecule has 0 aromatic carbocycles. The van der Waals surface area contributed by atoms with E-state index >= 15 is 0 Å². The zero-order valence-electron chi connectivity index (χ0n) is 37.3. The van der Waals surface area contributed by atoms with Gasteiger partial charge in [0.15, 0.2) is 0 Å². The first-order chi connectivity index (χ1) is 21.3. The van der Waals surface area contributed by atoms with Crippen LogP contribution in [0.3, 0.4) is 0 Å². The third kappa shape index (κ3) is 23.3. The Kier molecular flexibility index (Phi) is 26.0. The summed E-state index contributed by atoms with van der Waals surface area (Å²) in [6, 6.07) is 0. The van der Waals surface area contributed by atoms with Crippen LogP contribution in [0.15, 0.2) is 0 Å². The van der Waals surface area contributed by atoms with E-state index in [1.54, 1.807) is 15.8 Å². The summed E-state index contributed by atoms with van der Waals surface area (Å²) in [5.74, 6) is 8.15. The van der Waals surface area contributed by atoms with Crippen LogP contribution in [0.4, 0.5) is 0 Å². The molecule has 0 aromatic heterocycles. The van der Waals surface area contributed by atoms with Gasteiger partial charge in [-0.1, -0.05) is 251 Å². The highest BCUT2D eigenvalue weighted by Crippen LogP contribution is 2.39. The topological polar surface area (TPSA) is 0 Å². The van der Waals surface area contributed by atoms with Gasteiger partial charge in [0.2, 0.25) is 0 Å². The van der Waals surface area contributed by atoms with E-state index in [1.165, 1.54) is 54.4 Å². The van der Waals surface area contributed by atoms with Crippen LogP contribution in [0.1, 0.15) is 184 Å². The summed E-state index contributed by atoms with van der Waals surface area (Å²) in [7, 11) is 0. The van der Waals surface area contributed by atoms with Gasteiger partial charge in [-0.3, -0.25) is 0 Å². The largest absolute Gasteiger partial charge is 0.262 e. The average Bonchev–Trinajstić information content (AvgIpc) is 2.91. The molecule has 0 nitrogen and oxygen atoms in total. The maximum atomic E-state index is 2.56. The Morgan fingerprint density at radius 2 is 0.511 bits per heavy atom. The first kappa shape index (κ1) is 50.2. The van der Waals surface area contributed by atoms with E-state index in [9.17, 15) is 0 Å². The molecule has 0 radical (unpaired) electrons. The lowest BCUT2D eigenvalue weighted by atomic mass is 9.83. The van der Waals surface area contributed by atoms with Gasteiger partial charge in [-0.2, -0.15) is 0 Å². The Hall–Kier alpha value is 1.06. The molecule has 282 valence electrons. The average molecular weight is 691 g/mol. The lowest BCUT2D eigenvalue weighted by Crippen LogP contribution is -2.32. The monoisotopic (exact) mass is 691 g/mol. The van der Waals surface area contributed by atoms with Gasteiger partial charge in [-0.15, -0.1) is 0 Å². The summed E-state index contributed by atoms with van der Waals surface area (Å²) >= 11 is -1.36. The first-order valence-electron chi connectivity index (χ1n) is 21.3. The van der Waals surface area contributed by atoms with Gasteiger partial charge in [0.25, 0.3) is 28.3 Å². The van der Waals surface area contributed by atoms with Gasteiger partial charge in [-0.05, 0) is 34.0 Å². The Morgan fingerprint density at radius 3 is 0.681 bits per heavy atom. The minimum absolute atomic E-state index is 0.460. The van der Waals surface area contributed by atoms with Crippen molar-refractivity contribution in [3.8, 4) is 0 Å². The zero-order valence-corrected chi connectivity index (χ0v) is 39.6. The minimum atomic E-state index is -0.707. The number of rotatable bonds is 21. The van der Waals surface area contributed by atoms with Crippen LogP contribution in [-0.2, 0) is 0 Å². The molecule has 9 atom stereocenters. The molecular formula is C45H96Al2. The third-order valence-electron chi connectivity index (χ3n) is 13.8. The second kappa shape index (κ2) is 24.3. The molecule has 0 rings (SSSR count). The van der Waals surface area contributed by atoms with Crippen LogP contribution in [0.2, 0.25) is 31.7 Å². The normalized spacial score (nSPS) is 18.6. The molecule has 0 aromatic rings. The molecule has 0 N–H and O–H groups in total. The summed E-state index contributed by atoms with van der Waals surface area (Å²) in [5, 5.41) is 9.33. The van der Waals surface area contributed by atoms with Crippen molar-refractivity contribution in [1.82, 2.24) is 0 Å². The van der Waals surface area contributed by atoms with Gasteiger partial charge in [-0.25, -0.2) is 0 Å². The van der Waals surface area contributed by atoms with E-state index in [0.717, 1.165) is 53.3 Å². The molecular weight excluding hydrogens is 594 g/mol. The molecule has 0 amide bonds. The SMILES string of the molecule is CC([CH2][Al]([CH2]C(C)C(C)(C)C)[CH2]C(C)C(C)(C)C)C(C)(C)C.CCCC(C)C(C)[CH2][Al]([CH2]C(C)C(C)CCC)[CH2]C(C)C(C)CCC. The molecule has 0 bridgehead atoms. The van der Waals surface area contributed by atoms with E-state index in [0.29, 0.717) is 16.2 Å². The first-order valence-corrected chi connectivity index (χ1v) is 26.2. The van der Waals surface area contributed by atoms with Crippen LogP contribution in [-0.4, -0.2) is 28.3 Å². The summed E-state index contributed by atoms with van der Waals surface area (Å²) in [6.45, 7) is 51.5. The lowest BCUT2D eigenvalue weighted by molar-refractivity contribution is 0.262. The highest BCUT2D eigenvalue weighted by Gasteiger charge is 2.34. The Morgan fingerprint density at radius 1 is 0.319 bits per heavy atom. The molecule has 2 heteroatoms. The summed E-state index contributed by atoms with van der Waals surface area (Å²) in [5.41, 5.74) is 1.38. The van der Waals surface area contributed by atoms with Crippen molar-refractivity contribution < 1.29 is 0 Å². The fourth-order valence-corrected chi connectivity index (χ4v) is 18.5. The van der Waals surface area contributed by atoms with E-state index < -0.39 is 28.3 Å². The van der Waals surface area contributed by atoms with Crippen LogP contribution in [0, 0.1) is 69.5 Å². The van der Waals surface area contributed by atoms with Crippen molar-refractivity contribution in [1.29, 1.82) is 0 Å². The molecule has 0 saturated heterocycles. The second-order valence-electron chi connectivity index (χ2n) is 21.2. The summed E-state index contributed by atoms with van der Waals surface area (Å²) in [6.07, 6.45) is 8.33. The van der Waals surface area contributed by atoms with Crippen molar-refractivity contribution in [2.24, 2.45) is 69.5 Å². The molecule has 0 fully saturated rings. The molecule has 47 heavy (non-hydrogen) atoms. The van der Waals surface area contributed by atoms with Gasteiger partial charge in [0, 0.05) is 0 Å². The molecule has 0 aliphatic carbocycles. The lowest BCUT2D eigenvalue weighted by Gasteiger charge is -2.36. The molecule has 0 aliphatic rings. The zero-order chi connectivity index (χ0) is 37.3.